The van der Waals surface area contributed by atoms with Crippen LogP contribution in [0.1, 0.15) is 25.5 Å². The number of ether oxygens (including phenoxy) is 1. The van der Waals surface area contributed by atoms with Crippen molar-refractivity contribution in [1.29, 1.82) is 5.26 Å². The number of hydrogen-bond donors (Lipinski definition) is 0. The third kappa shape index (κ3) is 4.38. The lowest BCUT2D eigenvalue weighted by Gasteiger charge is -2.09. The second-order valence-electron chi connectivity index (χ2n) is 3.85. The van der Waals surface area contributed by atoms with Crippen LogP contribution in [0.4, 0.5) is 0 Å². The number of carbonyl (C=O) groups is 1. The summed E-state index contributed by atoms with van der Waals surface area (Å²) in [7, 11) is 0. The number of benzene rings is 1. The van der Waals surface area contributed by atoms with Crippen molar-refractivity contribution in [3.8, 4) is 6.07 Å². The van der Waals surface area contributed by atoms with Gasteiger partial charge in [-0.2, -0.15) is 5.26 Å². The number of carbonyl (C=O) groups excluding carboxylic acids is 1. The van der Waals surface area contributed by atoms with Crippen molar-refractivity contribution in [3.05, 3.63) is 34.9 Å². The summed E-state index contributed by atoms with van der Waals surface area (Å²) in [5.74, 6) is -1.56. The normalized spacial score (nSPS) is 13.8. The molecular formula is C14H15ClN2O2. The van der Waals surface area contributed by atoms with E-state index in [1.54, 1.807) is 13.0 Å². The minimum atomic E-state index is -0.982. The minimum Gasteiger partial charge on any atom is -0.465 e. The first-order valence-corrected chi connectivity index (χ1v) is 6.32. The molecule has 0 amide bonds. The number of aliphatic imine (C=N–C) groups is 1. The van der Waals surface area contributed by atoms with E-state index in [1.807, 2.05) is 31.2 Å². The van der Waals surface area contributed by atoms with E-state index in [2.05, 4.69) is 4.99 Å². The van der Waals surface area contributed by atoms with E-state index < -0.39 is 11.9 Å². The van der Waals surface area contributed by atoms with E-state index in [1.165, 1.54) is 6.21 Å². The Kier molecular flexibility index (Phi) is 6.04. The molecule has 4 nitrogen and oxygen atoms in total. The third-order valence-electron chi connectivity index (χ3n) is 2.49. The van der Waals surface area contributed by atoms with E-state index in [-0.39, 0.29) is 12.6 Å². The summed E-state index contributed by atoms with van der Waals surface area (Å²) in [6.07, 6.45) is 1.31. The van der Waals surface area contributed by atoms with Gasteiger partial charge in [-0.1, -0.05) is 29.8 Å². The molecule has 1 aromatic rings. The highest BCUT2D eigenvalue weighted by Crippen LogP contribution is 2.24. The molecular weight excluding hydrogens is 264 g/mol. The highest BCUT2D eigenvalue weighted by molar-refractivity contribution is 6.31. The van der Waals surface area contributed by atoms with Gasteiger partial charge in [-0.05, 0) is 25.5 Å². The van der Waals surface area contributed by atoms with Gasteiger partial charge in [-0.25, -0.2) is 0 Å². The Morgan fingerprint density at radius 1 is 1.58 bits per heavy atom. The highest BCUT2D eigenvalue weighted by Gasteiger charge is 2.17. The van der Waals surface area contributed by atoms with Gasteiger partial charge in [0.25, 0.3) is 0 Å². The highest BCUT2D eigenvalue weighted by atomic mass is 35.5. The monoisotopic (exact) mass is 278 g/mol. The molecule has 19 heavy (non-hydrogen) atoms. The molecule has 0 bridgehead atoms. The van der Waals surface area contributed by atoms with Gasteiger partial charge in [-0.15, -0.1) is 0 Å². The van der Waals surface area contributed by atoms with Gasteiger partial charge in [0.05, 0.1) is 18.7 Å². The maximum absolute atomic E-state index is 11.4. The minimum absolute atomic E-state index is 0.223. The molecule has 0 saturated carbocycles. The summed E-state index contributed by atoms with van der Waals surface area (Å²) in [4.78, 5) is 15.6. The molecule has 0 saturated heterocycles. The molecule has 1 rings (SSSR count). The first-order valence-electron chi connectivity index (χ1n) is 5.94. The largest absolute Gasteiger partial charge is 0.465 e. The molecule has 0 heterocycles. The third-order valence-corrected chi connectivity index (χ3v) is 2.84. The maximum Gasteiger partial charge on any atom is 0.328 e. The zero-order valence-electron chi connectivity index (χ0n) is 10.8. The van der Waals surface area contributed by atoms with E-state index in [0.717, 1.165) is 5.56 Å². The van der Waals surface area contributed by atoms with E-state index >= 15 is 0 Å². The number of nitriles is 1. The summed E-state index contributed by atoms with van der Waals surface area (Å²) in [6.45, 7) is 3.78. The second kappa shape index (κ2) is 7.55. The molecule has 0 unspecified atom stereocenters. The average molecular weight is 279 g/mol. The van der Waals surface area contributed by atoms with Crippen molar-refractivity contribution in [2.75, 3.05) is 6.61 Å². The van der Waals surface area contributed by atoms with Crippen molar-refractivity contribution in [2.45, 2.75) is 19.9 Å². The van der Waals surface area contributed by atoms with Gasteiger partial charge in [0.15, 0.2) is 5.92 Å². The quantitative estimate of drug-likeness (QED) is 0.614. The molecule has 0 aliphatic heterocycles. The summed E-state index contributed by atoms with van der Waals surface area (Å²) in [5, 5.41) is 9.50. The predicted octanol–water partition coefficient (Wildman–Crippen LogP) is 3.17. The molecule has 2 atom stereocenters. The SMILES string of the molecule is CCOC(=O)[C@@H](C#N)C=N[C@H](C)c1ccccc1Cl. The van der Waals surface area contributed by atoms with Gasteiger partial charge >= 0.3 is 5.97 Å². The van der Waals surface area contributed by atoms with Crippen LogP contribution in [0.3, 0.4) is 0 Å². The van der Waals surface area contributed by atoms with E-state index in [0.29, 0.717) is 5.02 Å². The standard InChI is InChI=1S/C14H15ClN2O2/c1-3-19-14(18)11(8-16)9-17-10(2)12-6-4-5-7-13(12)15/h4-7,9-11H,3H2,1-2H3/t10-,11+/m1/s1. The number of rotatable bonds is 5. The fraction of sp³-hybridized carbons (Fsp3) is 0.357. The van der Waals surface area contributed by atoms with Crippen LogP contribution in [0.15, 0.2) is 29.3 Å². The van der Waals surface area contributed by atoms with Gasteiger partial charge in [0.1, 0.15) is 0 Å². The molecule has 0 fully saturated rings. The Morgan fingerprint density at radius 2 is 2.26 bits per heavy atom. The van der Waals surface area contributed by atoms with Crippen LogP contribution < -0.4 is 0 Å². The summed E-state index contributed by atoms with van der Waals surface area (Å²) >= 11 is 6.05. The summed E-state index contributed by atoms with van der Waals surface area (Å²) < 4.78 is 4.78. The smallest absolute Gasteiger partial charge is 0.328 e. The van der Waals surface area contributed by atoms with Crippen LogP contribution in [0.5, 0.6) is 0 Å². The Hall–Kier alpha value is -1.86. The van der Waals surface area contributed by atoms with Crippen molar-refractivity contribution in [3.63, 3.8) is 0 Å². The van der Waals surface area contributed by atoms with Crippen LogP contribution in [-0.4, -0.2) is 18.8 Å². The number of hydrogen-bond acceptors (Lipinski definition) is 4. The molecule has 0 N–H and O–H groups in total. The second-order valence-corrected chi connectivity index (χ2v) is 4.26. The first kappa shape index (κ1) is 15.2. The Balaban J connectivity index is 2.78. The lowest BCUT2D eigenvalue weighted by Crippen LogP contribution is -2.17. The molecule has 0 aliphatic carbocycles. The van der Waals surface area contributed by atoms with Gasteiger partial charge < -0.3 is 4.74 Å². The Morgan fingerprint density at radius 3 is 2.84 bits per heavy atom. The zero-order chi connectivity index (χ0) is 14.3. The van der Waals surface area contributed by atoms with E-state index in [9.17, 15) is 4.79 Å². The van der Waals surface area contributed by atoms with E-state index in [4.69, 9.17) is 21.6 Å². The number of nitrogens with zero attached hydrogens (tertiary/aromatic N) is 2. The summed E-state index contributed by atoms with van der Waals surface area (Å²) in [5.41, 5.74) is 0.848. The Bertz CT molecular complexity index is 508. The van der Waals surface area contributed by atoms with Crippen molar-refractivity contribution >= 4 is 23.8 Å². The fourth-order valence-electron chi connectivity index (χ4n) is 1.49. The molecule has 0 spiro atoms. The average Bonchev–Trinajstić information content (AvgIpc) is 2.40. The number of halogens is 1. The lowest BCUT2D eigenvalue weighted by atomic mass is 10.1. The summed E-state index contributed by atoms with van der Waals surface area (Å²) in [6, 6.07) is 8.95. The number of esters is 1. The Labute approximate surface area is 117 Å². The first-order chi connectivity index (χ1) is 9.10. The molecule has 100 valence electrons. The lowest BCUT2D eigenvalue weighted by molar-refractivity contribution is -0.143. The van der Waals surface area contributed by atoms with Crippen molar-refractivity contribution in [2.24, 2.45) is 10.9 Å². The van der Waals surface area contributed by atoms with Gasteiger partial charge in [-0.3, -0.25) is 9.79 Å². The van der Waals surface area contributed by atoms with Gasteiger partial charge in [0, 0.05) is 11.2 Å². The predicted molar refractivity (Wildman–Crippen MR) is 74.1 cm³/mol. The fourth-order valence-corrected chi connectivity index (χ4v) is 1.78. The van der Waals surface area contributed by atoms with Crippen LogP contribution in [0.25, 0.3) is 0 Å². The molecule has 1 aromatic carbocycles. The van der Waals surface area contributed by atoms with Crippen LogP contribution in [-0.2, 0) is 9.53 Å². The maximum atomic E-state index is 11.4. The van der Waals surface area contributed by atoms with Crippen LogP contribution >= 0.6 is 11.6 Å². The molecule has 0 radical (unpaired) electrons. The van der Waals surface area contributed by atoms with Crippen LogP contribution in [0, 0.1) is 17.2 Å². The topological polar surface area (TPSA) is 62.5 Å². The zero-order valence-corrected chi connectivity index (χ0v) is 11.6. The molecule has 0 aromatic heterocycles. The van der Waals surface area contributed by atoms with Crippen LogP contribution in [0.2, 0.25) is 5.02 Å². The van der Waals surface area contributed by atoms with Crippen molar-refractivity contribution in [1.82, 2.24) is 0 Å². The molecule has 0 aliphatic rings. The van der Waals surface area contributed by atoms with Gasteiger partial charge in [0.2, 0.25) is 0 Å². The van der Waals surface area contributed by atoms with Crippen molar-refractivity contribution < 1.29 is 9.53 Å². The molecule has 5 heteroatoms.